The van der Waals surface area contributed by atoms with Crippen molar-refractivity contribution in [3.63, 3.8) is 0 Å². The minimum atomic E-state index is -0.00428. The van der Waals surface area contributed by atoms with E-state index in [0.717, 1.165) is 30.9 Å². The molecule has 2 aliphatic rings. The predicted molar refractivity (Wildman–Crippen MR) is 136 cm³/mol. The lowest BCUT2D eigenvalue weighted by molar-refractivity contribution is 0.0444. The molecule has 0 aliphatic carbocycles. The number of anilines is 2. The molecule has 1 amide bonds. The predicted octanol–water partition coefficient (Wildman–Crippen LogP) is 3.37. The van der Waals surface area contributed by atoms with E-state index < -0.39 is 0 Å². The number of amides is 1. The monoisotopic (exact) mass is 483 g/mol. The van der Waals surface area contributed by atoms with Gasteiger partial charge in [-0.15, -0.1) is 5.10 Å². The van der Waals surface area contributed by atoms with E-state index in [1.165, 1.54) is 16.7 Å². The number of nitrogens with zero attached hydrogens (tertiary/aromatic N) is 7. The van der Waals surface area contributed by atoms with Crippen LogP contribution in [0.25, 0.3) is 11.2 Å². The molecule has 2 unspecified atom stereocenters. The number of fused-ring (bicyclic) bond motifs is 2. The third-order valence-corrected chi connectivity index (χ3v) is 7.20. The summed E-state index contributed by atoms with van der Waals surface area (Å²) in [5.74, 6) is 0.962. The van der Waals surface area contributed by atoms with Gasteiger partial charge in [0.25, 0.3) is 5.91 Å². The fourth-order valence-corrected chi connectivity index (χ4v) is 5.55. The van der Waals surface area contributed by atoms with Crippen LogP contribution in [0.1, 0.15) is 46.1 Å². The van der Waals surface area contributed by atoms with E-state index in [9.17, 15) is 4.79 Å². The summed E-state index contributed by atoms with van der Waals surface area (Å²) in [7, 11) is 0. The molecule has 5 heterocycles. The fraction of sp³-hybridized carbons (Fsp3) is 0.385. The van der Waals surface area contributed by atoms with E-state index in [4.69, 9.17) is 4.98 Å². The maximum absolute atomic E-state index is 13.1. The number of aromatic nitrogens is 6. The summed E-state index contributed by atoms with van der Waals surface area (Å²) in [6.07, 6.45) is 4.46. The molecule has 2 N–H and O–H groups in total. The molecule has 1 fully saturated rings. The van der Waals surface area contributed by atoms with Gasteiger partial charge in [0.2, 0.25) is 5.95 Å². The molecule has 0 saturated carbocycles. The highest BCUT2D eigenvalue weighted by atomic mass is 16.2. The minimum absolute atomic E-state index is 0.00428. The maximum atomic E-state index is 13.1. The highest BCUT2D eigenvalue weighted by Gasteiger charge is 2.36. The number of aryl methyl sites for hydroxylation is 2. The fourth-order valence-electron chi connectivity index (χ4n) is 5.55. The zero-order valence-corrected chi connectivity index (χ0v) is 20.7. The van der Waals surface area contributed by atoms with Crippen molar-refractivity contribution in [1.29, 1.82) is 0 Å². The average molecular weight is 484 g/mol. The number of H-pyrrole nitrogens is 1. The van der Waals surface area contributed by atoms with Crippen molar-refractivity contribution in [2.24, 2.45) is 5.92 Å². The number of likely N-dealkylation sites (tertiary alicyclic amines) is 1. The molecule has 0 spiro atoms. The van der Waals surface area contributed by atoms with Crippen LogP contribution in [-0.2, 0) is 13.1 Å². The first-order valence-corrected chi connectivity index (χ1v) is 12.3. The molecule has 2 aliphatic heterocycles. The molecule has 0 radical (unpaired) electrons. The first-order chi connectivity index (χ1) is 17.4. The lowest BCUT2D eigenvalue weighted by Gasteiger charge is -2.41. The lowest BCUT2D eigenvalue weighted by Crippen LogP contribution is -2.50. The van der Waals surface area contributed by atoms with Crippen LogP contribution in [0.5, 0.6) is 0 Å². The summed E-state index contributed by atoms with van der Waals surface area (Å²) in [4.78, 5) is 31.2. The Hall–Kier alpha value is -3.92. The summed E-state index contributed by atoms with van der Waals surface area (Å²) in [5, 5.41) is 13.8. The van der Waals surface area contributed by atoms with Crippen LogP contribution in [0.2, 0.25) is 0 Å². The third kappa shape index (κ3) is 4.28. The molecule has 36 heavy (non-hydrogen) atoms. The Morgan fingerprint density at radius 3 is 2.72 bits per heavy atom. The van der Waals surface area contributed by atoms with Crippen LogP contribution >= 0.6 is 0 Å². The Morgan fingerprint density at radius 1 is 1.08 bits per heavy atom. The second-order valence-corrected chi connectivity index (χ2v) is 10.1. The number of hydrogen-bond acceptors (Lipinski definition) is 8. The minimum Gasteiger partial charge on any atom is -0.338 e. The van der Waals surface area contributed by atoms with E-state index in [0.29, 0.717) is 47.7 Å². The normalized spacial score (nSPS) is 20.0. The SMILES string of the molecule is Cc1cc(C)cc(Nc2ncc3c(n2)CN(C2CCN(C(=O)c4cnc5[nH]nnc5c4)CC2C)C3)c1. The average Bonchev–Trinajstić information content (AvgIpc) is 3.49. The smallest absolute Gasteiger partial charge is 0.255 e. The van der Waals surface area contributed by atoms with Gasteiger partial charge in [-0.3, -0.25) is 9.69 Å². The van der Waals surface area contributed by atoms with E-state index in [1.54, 1.807) is 12.3 Å². The molecule has 6 rings (SSSR count). The number of pyridine rings is 1. The number of carbonyl (C=O) groups is 1. The van der Waals surface area contributed by atoms with Gasteiger partial charge in [0.05, 0.1) is 11.3 Å². The highest BCUT2D eigenvalue weighted by Crippen LogP contribution is 2.31. The number of aromatic amines is 1. The number of piperidine rings is 1. The summed E-state index contributed by atoms with van der Waals surface area (Å²) in [5.41, 5.74) is 7.42. The van der Waals surface area contributed by atoms with E-state index in [2.05, 4.69) is 74.6 Å². The van der Waals surface area contributed by atoms with E-state index in [-0.39, 0.29) is 5.91 Å². The van der Waals surface area contributed by atoms with Gasteiger partial charge in [-0.2, -0.15) is 0 Å². The number of benzene rings is 1. The first kappa shape index (κ1) is 22.5. The van der Waals surface area contributed by atoms with E-state index in [1.807, 2.05) is 11.1 Å². The van der Waals surface area contributed by atoms with Crippen molar-refractivity contribution < 1.29 is 4.79 Å². The van der Waals surface area contributed by atoms with Crippen LogP contribution in [0.4, 0.5) is 11.6 Å². The number of nitrogens with one attached hydrogen (secondary N) is 2. The highest BCUT2D eigenvalue weighted by molar-refractivity contribution is 5.96. The van der Waals surface area contributed by atoms with Gasteiger partial charge in [0.15, 0.2) is 5.65 Å². The number of carbonyl (C=O) groups excluding carboxylic acids is 1. The van der Waals surface area contributed by atoms with Gasteiger partial charge >= 0.3 is 0 Å². The molecule has 2 atom stereocenters. The maximum Gasteiger partial charge on any atom is 0.255 e. The summed E-state index contributed by atoms with van der Waals surface area (Å²) < 4.78 is 0. The van der Waals surface area contributed by atoms with Gasteiger partial charge in [-0.05, 0) is 55.5 Å². The third-order valence-electron chi connectivity index (χ3n) is 7.20. The van der Waals surface area contributed by atoms with Crippen LogP contribution in [0, 0.1) is 19.8 Å². The van der Waals surface area contributed by atoms with Crippen LogP contribution < -0.4 is 5.32 Å². The van der Waals surface area contributed by atoms with Crippen LogP contribution in [0.3, 0.4) is 0 Å². The Morgan fingerprint density at radius 2 is 1.92 bits per heavy atom. The van der Waals surface area contributed by atoms with Crippen LogP contribution in [0.15, 0.2) is 36.7 Å². The van der Waals surface area contributed by atoms with Gasteiger partial charge in [0.1, 0.15) is 5.52 Å². The molecule has 10 heteroatoms. The summed E-state index contributed by atoms with van der Waals surface area (Å²) in [6.45, 7) is 9.47. The van der Waals surface area contributed by atoms with Crippen molar-refractivity contribution in [3.05, 3.63) is 64.6 Å². The summed E-state index contributed by atoms with van der Waals surface area (Å²) in [6, 6.07) is 8.50. The van der Waals surface area contributed by atoms with Crippen molar-refractivity contribution in [2.75, 3.05) is 18.4 Å². The largest absolute Gasteiger partial charge is 0.338 e. The Kier molecular flexibility index (Phi) is 5.60. The van der Waals surface area contributed by atoms with Crippen molar-refractivity contribution >= 4 is 28.7 Å². The van der Waals surface area contributed by atoms with Crippen molar-refractivity contribution in [3.8, 4) is 0 Å². The molecule has 10 nitrogen and oxygen atoms in total. The van der Waals surface area contributed by atoms with Gasteiger partial charge in [-0.25, -0.2) is 20.1 Å². The van der Waals surface area contributed by atoms with Crippen molar-refractivity contribution in [2.45, 2.75) is 46.3 Å². The zero-order valence-electron chi connectivity index (χ0n) is 20.7. The van der Waals surface area contributed by atoms with Crippen LogP contribution in [-0.4, -0.2) is 65.2 Å². The quantitative estimate of drug-likeness (QED) is 0.454. The molecule has 4 aromatic rings. The first-order valence-electron chi connectivity index (χ1n) is 12.3. The Labute approximate surface area is 209 Å². The lowest BCUT2D eigenvalue weighted by atomic mass is 9.92. The van der Waals surface area contributed by atoms with Gasteiger partial charge in [0, 0.05) is 55.9 Å². The molecule has 184 valence electrons. The number of hydrogen-bond donors (Lipinski definition) is 2. The molecular weight excluding hydrogens is 454 g/mol. The molecule has 1 aromatic carbocycles. The Bertz CT molecular complexity index is 1430. The Balaban J connectivity index is 1.11. The topological polar surface area (TPSA) is 116 Å². The van der Waals surface area contributed by atoms with Gasteiger partial charge < -0.3 is 10.2 Å². The second-order valence-electron chi connectivity index (χ2n) is 10.1. The summed E-state index contributed by atoms with van der Waals surface area (Å²) >= 11 is 0. The van der Waals surface area contributed by atoms with Crippen molar-refractivity contribution in [1.82, 2.24) is 40.2 Å². The molecular formula is C26H29N9O. The second kappa shape index (κ2) is 8.94. The molecule has 1 saturated heterocycles. The zero-order chi connectivity index (χ0) is 24.8. The van der Waals surface area contributed by atoms with E-state index >= 15 is 0 Å². The van der Waals surface area contributed by atoms with Gasteiger partial charge in [-0.1, -0.05) is 18.2 Å². The molecule has 3 aromatic heterocycles. The standard InChI is InChI=1S/C26H29N9O/c1-15-6-16(2)8-20(7-15)29-26-28-11-19-13-35(14-22(19)30-26)23-4-5-34(12-17(23)3)25(36)18-9-21-24(27-10-18)32-33-31-21/h6-11,17,23H,4-5,12-14H2,1-3H3,(H,28,29,30)(H,27,31,32,33). The number of rotatable bonds is 4. The molecule has 0 bridgehead atoms.